The van der Waals surface area contributed by atoms with Gasteiger partial charge < -0.3 is 11.1 Å². The molecule has 0 amide bonds. The maximum absolute atomic E-state index is 14.5. The van der Waals surface area contributed by atoms with E-state index in [9.17, 15) is 8.78 Å². The molecule has 0 saturated carbocycles. The molecule has 0 fully saturated rings. The summed E-state index contributed by atoms with van der Waals surface area (Å²) in [6.07, 6.45) is 7.00. The zero-order valence-electron chi connectivity index (χ0n) is 16.1. The lowest BCUT2D eigenvalue weighted by Crippen LogP contribution is -2.04. The number of halogens is 2. The van der Waals surface area contributed by atoms with Crippen molar-refractivity contribution < 1.29 is 8.78 Å². The largest absolute Gasteiger partial charge is 0.381 e. The van der Waals surface area contributed by atoms with Crippen LogP contribution in [0.1, 0.15) is 36.1 Å². The van der Waals surface area contributed by atoms with E-state index in [4.69, 9.17) is 5.73 Å². The van der Waals surface area contributed by atoms with Crippen molar-refractivity contribution in [3.63, 3.8) is 0 Å². The summed E-state index contributed by atoms with van der Waals surface area (Å²) in [5.41, 5.74) is 10.6. The smallest absolute Gasteiger partial charge is 0.168 e. The molecule has 6 heteroatoms. The van der Waals surface area contributed by atoms with Crippen molar-refractivity contribution in [3.8, 4) is 0 Å². The minimum Gasteiger partial charge on any atom is -0.381 e. The third kappa shape index (κ3) is 4.34. The minimum absolute atomic E-state index is 0.129. The van der Waals surface area contributed by atoms with Crippen molar-refractivity contribution in [1.29, 1.82) is 0 Å². The van der Waals surface area contributed by atoms with E-state index in [0.717, 1.165) is 22.3 Å². The molecule has 0 aliphatic heterocycles. The standard InChI is InChI=1S/C22H22F2N4/c1-13(2)8-15-4-5-19(18(23)9-15)28-20-12-26-11-17(14(20)3)10-16-6-7-27-22(25)21(16)24/h4-9,11-12,28H,10H2,1-3H3,(H2,25,27). The monoisotopic (exact) mass is 380 g/mol. The Morgan fingerprint density at radius 3 is 2.61 bits per heavy atom. The van der Waals surface area contributed by atoms with Gasteiger partial charge in [0.05, 0.1) is 17.6 Å². The highest BCUT2D eigenvalue weighted by Crippen LogP contribution is 2.27. The summed E-state index contributed by atoms with van der Waals surface area (Å²) in [5.74, 6) is -1.01. The van der Waals surface area contributed by atoms with Gasteiger partial charge in [-0.1, -0.05) is 17.7 Å². The van der Waals surface area contributed by atoms with Crippen molar-refractivity contribution >= 4 is 23.3 Å². The molecule has 3 N–H and O–H groups in total. The molecule has 0 aliphatic carbocycles. The van der Waals surface area contributed by atoms with Crippen molar-refractivity contribution in [2.45, 2.75) is 27.2 Å². The topological polar surface area (TPSA) is 63.8 Å². The van der Waals surface area contributed by atoms with E-state index in [1.807, 2.05) is 32.9 Å². The van der Waals surface area contributed by atoms with Crippen LogP contribution in [0.25, 0.3) is 6.08 Å². The molecule has 0 aliphatic rings. The first kappa shape index (κ1) is 19.5. The zero-order valence-corrected chi connectivity index (χ0v) is 16.1. The predicted molar refractivity (Wildman–Crippen MR) is 109 cm³/mol. The number of nitrogens with zero attached hydrogens (tertiary/aromatic N) is 2. The van der Waals surface area contributed by atoms with Gasteiger partial charge >= 0.3 is 0 Å². The lowest BCUT2D eigenvalue weighted by atomic mass is 10.0. The molecule has 3 aromatic rings. The maximum atomic E-state index is 14.5. The van der Waals surface area contributed by atoms with Crippen LogP contribution in [0.5, 0.6) is 0 Å². The highest BCUT2D eigenvalue weighted by Gasteiger charge is 2.12. The van der Waals surface area contributed by atoms with E-state index in [-0.39, 0.29) is 11.6 Å². The first-order chi connectivity index (χ1) is 13.3. The highest BCUT2D eigenvalue weighted by atomic mass is 19.1. The minimum atomic E-state index is -0.527. The summed E-state index contributed by atoms with van der Waals surface area (Å²) >= 11 is 0. The summed E-state index contributed by atoms with van der Waals surface area (Å²) in [5, 5.41) is 3.08. The van der Waals surface area contributed by atoms with E-state index >= 15 is 0 Å². The maximum Gasteiger partial charge on any atom is 0.168 e. The molecule has 0 bridgehead atoms. The Labute approximate surface area is 163 Å². The fourth-order valence-corrected chi connectivity index (χ4v) is 2.92. The van der Waals surface area contributed by atoms with Gasteiger partial charge in [0, 0.05) is 18.8 Å². The SMILES string of the molecule is CC(C)=Cc1ccc(Nc2cncc(Cc3ccnc(N)c3F)c2C)c(F)c1. The molecular formula is C22H22F2N4. The summed E-state index contributed by atoms with van der Waals surface area (Å²) in [7, 11) is 0. The highest BCUT2D eigenvalue weighted by molar-refractivity contribution is 5.66. The molecule has 0 saturated heterocycles. The van der Waals surface area contributed by atoms with Gasteiger partial charge in [-0.2, -0.15) is 0 Å². The van der Waals surface area contributed by atoms with Crippen LogP contribution in [0.3, 0.4) is 0 Å². The van der Waals surface area contributed by atoms with E-state index in [2.05, 4.69) is 15.3 Å². The second kappa shape index (κ2) is 8.17. The molecule has 144 valence electrons. The van der Waals surface area contributed by atoms with Gasteiger partial charge in [0.15, 0.2) is 11.6 Å². The van der Waals surface area contributed by atoms with Crippen LogP contribution in [0, 0.1) is 18.6 Å². The number of pyridine rings is 2. The molecule has 0 spiro atoms. The second-order valence-electron chi connectivity index (χ2n) is 6.90. The van der Waals surface area contributed by atoms with Crippen LogP contribution in [0.4, 0.5) is 26.0 Å². The van der Waals surface area contributed by atoms with E-state index in [1.54, 1.807) is 24.5 Å². The Kier molecular flexibility index (Phi) is 5.68. The Bertz CT molecular complexity index is 1040. The Hall–Kier alpha value is -3.28. The van der Waals surface area contributed by atoms with Crippen LogP contribution < -0.4 is 11.1 Å². The molecule has 2 heterocycles. The van der Waals surface area contributed by atoms with Gasteiger partial charge in [0.1, 0.15) is 5.82 Å². The molecule has 28 heavy (non-hydrogen) atoms. The zero-order chi connectivity index (χ0) is 20.3. The number of nitrogens with one attached hydrogen (secondary N) is 1. The third-order valence-electron chi connectivity index (χ3n) is 4.41. The average molecular weight is 380 g/mol. The molecule has 0 unspecified atom stereocenters. The molecular weight excluding hydrogens is 358 g/mol. The number of allylic oxidation sites excluding steroid dienone is 1. The van der Waals surface area contributed by atoms with Crippen molar-refractivity contribution in [1.82, 2.24) is 9.97 Å². The molecule has 3 rings (SSSR count). The van der Waals surface area contributed by atoms with E-state index < -0.39 is 5.82 Å². The summed E-state index contributed by atoms with van der Waals surface area (Å²) < 4.78 is 28.6. The molecule has 4 nitrogen and oxygen atoms in total. The normalized spacial score (nSPS) is 10.6. The number of rotatable bonds is 5. The van der Waals surface area contributed by atoms with Crippen LogP contribution >= 0.6 is 0 Å². The number of anilines is 3. The molecule has 0 atom stereocenters. The van der Waals surface area contributed by atoms with Gasteiger partial charge in [-0.15, -0.1) is 0 Å². The van der Waals surface area contributed by atoms with Gasteiger partial charge in [-0.25, -0.2) is 13.8 Å². The molecule has 1 aromatic carbocycles. The fraction of sp³-hybridized carbons (Fsp3) is 0.182. The predicted octanol–water partition coefficient (Wildman–Crippen LogP) is 5.40. The molecule has 0 radical (unpaired) electrons. The summed E-state index contributed by atoms with van der Waals surface area (Å²) in [6.45, 7) is 5.81. The van der Waals surface area contributed by atoms with E-state index in [1.165, 1.54) is 12.3 Å². The fourth-order valence-electron chi connectivity index (χ4n) is 2.92. The van der Waals surface area contributed by atoms with Gasteiger partial charge in [-0.05, 0) is 61.2 Å². The van der Waals surface area contributed by atoms with Crippen molar-refractivity contribution in [2.75, 3.05) is 11.1 Å². The number of hydrogen-bond donors (Lipinski definition) is 2. The van der Waals surface area contributed by atoms with Gasteiger partial charge in [-0.3, -0.25) is 4.98 Å². The Morgan fingerprint density at radius 1 is 1.11 bits per heavy atom. The summed E-state index contributed by atoms with van der Waals surface area (Å²) in [4.78, 5) is 7.95. The lowest BCUT2D eigenvalue weighted by Gasteiger charge is -2.14. The van der Waals surface area contributed by atoms with E-state index in [0.29, 0.717) is 23.4 Å². The van der Waals surface area contributed by atoms with Crippen molar-refractivity contribution in [2.24, 2.45) is 0 Å². The number of aromatic nitrogens is 2. The average Bonchev–Trinajstić information content (AvgIpc) is 2.63. The Balaban J connectivity index is 1.87. The van der Waals surface area contributed by atoms with Gasteiger partial charge in [0.25, 0.3) is 0 Å². The van der Waals surface area contributed by atoms with Gasteiger partial charge in [0.2, 0.25) is 0 Å². The first-order valence-corrected chi connectivity index (χ1v) is 8.89. The quantitative estimate of drug-likeness (QED) is 0.622. The van der Waals surface area contributed by atoms with Crippen LogP contribution in [0.15, 0.2) is 48.4 Å². The van der Waals surface area contributed by atoms with Crippen molar-refractivity contribution in [3.05, 3.63) is 82.3 Å². The third-order valence-corrected chi connectivity index (χ3v) is 4.41. The summed E-state index contributed by atoms with van der Waals surface area (Å²) in [6, 6.07) is 6.61. The number of nitrogens with two attached hydrogens (primary N) is 1. The number of nitrogen functional groups attached to an aromatic ring is 1. The Morgan fingerprint density at radius 2 is 1.89 bits per heavy atom. The lowest BCUT2D eigenvalue weighted by molar-refractivity contribution is 0.613. The van der Waals surface area contributed by atoms with Crippen LogP contribution in [-0.4, -0.2) is 9.97 Å². The first-order valence-electron chi connectivity index (χ1n) is 8.89. The molecule has 2 aromatic heterocycles. The number of benzene rings is 1. The second-order valence-corrected chi connectivity index (χ2v) is 6.90. The van der Waals surface area contributed by atoms with Crippen LogP contribution in [-0.2, 0) is 6.42 Å². The van der Waals surface area contributed by atoms with Crippen LogP contribution in [0.2, 0.25) is 0 Å². The number of hydrogen-bond acceptors (Lipinski definition) is 4.